The fraction of sp³-hybridized carbons (Fsp3) is 0.444. The first-order chi connectivity index (χ1) is 17.3. The standard InChI is InChI=1S/C27H29F3N4O2/c1-17-6-5-9-20(21(17)15-32-23-11-10-19(14-31-23)27(28,29)30)26(35)24-22-16-36-13-12-34(22)33-25(24)18-7-3-2-4-8-18/h2-4,7-8,10-11,14,17,20-21H,5-6,9,12-13,15-16H2,1H3,(H,31,32)/t17-,20?,21-/m1/s1. The number of aromatic nitrogens is 3. The topological polar surface area (TPSA) is 69.0 Å². The van der Waals surface area contributed by atoms with E-state index < -0.39 is 11.7 Å². The largest absolute Gasteiger partial charge is 0.417 e. The van der Waals surface area contributed by atoms with Crippen LogP contribution in [-0.4, -0.2) is 33.7 Å². The molecule has 1 N–H and O–H groups in total. The molecule has 2 aromatic heterocycles. The minimum Gasteiger partial charge on any atom is -0.373 e. The highest BCUT2D eigenvalue weighted by atomic mass is 19.4. The number of carbonyl (C=O) groups is 1. The lowest BCUT2D eigenvalue weighted by molar-refractivity contribution is -0.137. The van der Waals surface area contributed by atoms with Crippen molar-refractivity contribution in [2.75, 3.05) is 18.5 Å². The molecule has 1 aliphatic carbocycles. The summed E-state index contributed by atoms with van der Waals surface area (Å²) in [5.74, 6) is 0.498. The Labute approximate surface area is 207 Å². The molecule has 3 atom stereocenters. The van der Waals surface area contributed by atoms with E-state index in [1.807, 2.05) is 35.0 Å². The van der Waals surface area contributed by atoms with Crippen LogP contribution >= 0.6 is 0 Å². The van der Waals surface area contributed by atoms with E-state index >= 15 is 0 Å². The smallest absolute Gasteiger partial charge is 0.373 e. The van der Waals surface area contributed by atoms with E-state index in [2.05, 4.69) is 17.2 Å². The van der Waals surface area contributed by atoms with Crippen molar-refractivity contribution in [1.29, 1.82) is 0 Å². The molecule has 2 aliphatic rings. The van der Waals surface area contributed by atoms with Crippen LogP contribution < -0.4 is 5.32 Å². The van der Waals surface area contributed by atoms with Gasteiger partial charge in [0, 0.05) is 24.2 Å². The van der Waals surface area contributed by atoms with Crippen LogP contribution in [0, 0.1) is 17.8 Å². The lowest BCUT2D eigenvalue weighted by Crippen LogP contribution is -2.37. The number of ether oxygens (including phenoxy) is 1. The molecule has 1 saturated carbocycles. The number of hydrogen-bond acceptors (Lipinski definition) is 5. The maximum atomic E-state index is 14.2. The molecule has 3 aromatic rings. The summed E-state index contributed by atoms with van der Waals surface area (Å²) >= 11 is 0. The molecule has 1 unspecified atom stereocenters. The van der Waals surface area contributed by atoms with Gasteiger partial charge in [-0.15, -0.1) is 0 Å². The van der Waals surface area contributed by atoms with E-state index in [9.17, 15) is 18.0 Å². The first-order valence-corrected chi connectivity index (χ1v) is 12.4. The Morgan fingerprint density at radius 3 is 2.69 bits per heavy atom. The van der Waals surface area contributed by atoms with Crippen molar-refractivity contribution in [2.45, 2.75) is 45.5 Å². The summed E-state index contributed by atoms with van der Waals surface area (Å²) in [5, 5.41) is 7.99. The fourth-order valence-corrected chi connectivity index (χ4v) is 5.43. The number of anilines is 1. The van der Waals surface area contributed by atoms with Crippen LogP contribution in [0.25, 0.3) is 11.3 Å². The average molecular weight is 499 g/mol. The van der Waals surface area contributed by atoms with Crippen LogP contribution in [0.3, 0.4) is 0 Å². The van der Waals surface area contributed by atoms with Crippen molar-refractivity contribution in [1.82, 2.24) is 14.8 Å². The molecular weight excluding hydrogens is 469 g/mol. The molecular formula is C27H29F3N4O2. The van der Waals surface area contributed by atoms with Crippen molar-refractivity contribution in [2.24, 2.45) is 17.8 Å². The molecule has 5 rings (SSSR count). The van der Waals surface area contributed by atoms with E-state index in [4.69, 9.17) is 9.84 Å². The van der Waals surface area contributed by atoms with Gasteiger partial charge in [-0.3, -0.25) is 9.48 Å². The Morgan fingerprint density at radius 1 is 1.17 bits per heavy atom. The average Bonchev–Trinajstić information content (AvgIpc) is 3.27. The van der Waals surface area contributed by atoms with Gasteiger partial charge in [-0.05, 0) is 30.4 Å². The minimum absolute atomic E-state index is 0.0130. The summed E-state index contributed by atoms with van der Waals surface area (Å²) in [6.45, 7) is 4.11. The second kappa shape index (κ2) is 10.0. The molecule has 1 fully saturated rings. The summed E-state index contributed by atoms with van der Waals surface area (Å²) < 4.78 is 46.2. The quantitative estimate of drug-likeness (QED) is 0.433. The third kappa shape index (κ3) is 4.89. The summed E-state index contributed by atoms with van der Waals surface area (Å²) in [4.78, 5) is 18.1. The van der Waals surface area contributed by atoms with E-state index in [0.29, 0.717) is 43.4 Å². The number of rotatable bonds is 6. The molecule has 1 aromatic carbocycles. The number of carbonyl (C=O) groups excluding carboxylic acids is 1. The molecule has 3 heterocycles. The molecule has 0 saturated heterocycles. The van der Waals surface area contributed by atoms with Crippen LogP contribution in [-0.2, 0) is 24.1 Å². The number of benzene rings is 1. The van der Waals surface area contributed by atoms with Gasteiger partial charge in [-0.1, -0.05) is 50.1 Å². The van der Waals surface area contributed by atoms with Gasteiger partial charge in [0.1, 0.15) is 11.5 Å². The summed E-state index contributed by atoms with van der Waals surface area (Å²) in [7, 11) is 0. The predicted octanol–water partition coefficient (Wildman–Crippen LogP) is 5.84. The Morgan fingerprint density at radius 2 is 1.97 bits per heavy atom. The number of Topliss-reactive ketones (excluding diaryl/α,β-unsaturated/α-hetero) is 1. The monoisotopic (exact) mass is 498 g/mol. The molecule has 6 nitrogen and oxygen atoms in total. The van der Waals surface area contributed by atoms with Crippen LogP contribution in [0.4, 0.5) is 19.0 Å². The van der Waals surface area contributed by atoms with E-state index in [0.717, 1.165) is 42.8 Å². The third-order valence-corrected chi connectivity index (χ3v) is 7.41. The van der Waals surface area contributed by atoms with Crippen LogP contribution in [0.1, 0.15) is 47.8 Å². The van der Waals surface area contributed by atoms with Crippen molar-refractivity contribution in [3.63, 3.8) is 0 Å². The SMILES string of the molecule is C[C@@H]1CCCC(C(=O)c2c(-c3ccccc3)nn3c2COCC3)[C@@H]1CNc1ccc(C(F)(F)F)cn1. The summed E-state index contributed by atoms with van der Waals surface area (Å²) in [5.41, 5.74) is 2.26. The fourth-order valence-electron chi connectivity index (χ4n) is 5.43. The van der Waals surface area contributed by atoms with Gasteiger partial charge in [-0.25, -0.2) is 4.98 Å². The molecule has 36 heavy (non-hydrogen) atoms. The van der Waals surface area contributed by atoms with Crippen molar-refractivity contribution in [3.8, 4) is 11.3 Å². The van der Waals surface area contributed by atoms with Gasteiger partial charge in [0.25, 0.3) is 0 Å². The zero-order chi connectivity index (χ0) is 25.3. The zero-order valence-electron chi connectivity index (χ0n) is 20.1. The molecule has 9 heteroatoms. The summed E-state index contributed by atoms with van der Waals surface area (Å²) in [6, 6.07) is 12.1. The van der Waals surface area contributed by atoms with Gasteiger partial charge in [0.2, 0.25) is 0 Å². The molecule has 0 spiro atoms. The maximum Gasteiger partial charge on any atom is 0.417 e. The molecule has 0 amide bonds. The van der Waals surface area contributed by atoms with Gasteiger partial charge in [0.05, 0.1) is 36.6 Å². The van der Waals surface area contributed by atoms with E-state index in [-0.39, 0.29) is 23.5 Å². The molecule has 0 bridgehead atoms. The second-order valence-corrected chi connectivity index (χ2v) is 9.67. The first kappa shape index (κ1) is 24.5. The minimum atomic E-state index is -4.42. The number of nitrogens with zero attached hydrogens (tertiary/aromatic N) is 3. The van der Waals surface area contributed by atoms with Crippen LogP contribution in [0.5, 0.6) is 0 Å². The Hall–Kier alpha value is -3.20. The van der Waals surface area contributed by atoms with Gasteiger partial charge < -0.3 is 10.1 Å². The zero-order valence-corrected chi connectivity index (χ0v) is 20.1. The van der Waals surface area contributed by atoms with Crippen LogP contribution in [0.15, 0.2) is 48.7 Å². The number of fused-ring (bicyclic) bond motifs is 1. The van der Waals surface area contributed by atoms with Crippen LogP contribution in [0.2, 0.25) is 0 Å². The Kier molecular flexibility index (Phi) is 6.83. The highest BCUT2D eigenvalue weighted by Crippen LogP contribution is 2.40. The second-order valence-electron chi connectivity index (χ2n) is 9.67. The maximum absolute atomic E-state index is 14.2. The van der Waals surface area contributed by atoms with Gasteiger partial charge in [0.15, 0.2) is 5.78 Å². The first-order valence-electron chi connectivity index (χ1n) is 12.4. The number of ketones is 1. The molecule has 190 valence electrons. The predicted molar refractivity (Wildman–Crippen MR) is 129 cm³/mol. The van der Waals surface area contributed by atoms with Crippen molar-refractivity contribution in [3.05, 3.63) is 65.5 Å². The number of pyridine rings is 1. The highest BCUT2D eigenvalue weighted by molar-refractivity contribution is 6.04. The Bertz CT molecular complexity index is 1210. The van der Waals surface area contributed by atoms with Crippen molar-refractivity contribution < 1.29 is 22.7 Å². The van der Waals surface area contributed by atoms with E-state index in [1.54, 1.807) is 0 Å². The lowest BCUT2D eigenvalue weighted by atomic mass is 9.69. The van der Waals surface area contributed by atoms with E-state index in [1.165, 1.54) is 6.07 Å². The number of alkyl halides is 3. The van der Waals surface area contributed by atoms with Crippen molar-refractivity contribution >= 4 is 11.6 Å². The van der Waals surface area contributed by atoms with Gasteiger partial charge in [-0.2, -0.15) is 18.3 Å². The highest BCUT2D eigenvalue weighted by Gasteiger charge is 2.39. The molecule has 0 radical (unpaired) electrons. The molecule has 1 aliphatic heterocycles. The normalized spacial score (nSPS) is 22.2. The lowest BCUT2D eigenvalue weighted by Gasteiger charge is -2.36. The number of hydrogen-bond donors (Lipinski definition) is 1. The number of nitrogens with one attached hydrogen (secondary N) is 1. The number of halogens is 3. The third-order valence-electron chi connectivity index (χ3n) is 7.41. The van der Waals surface area contributed by atoms with Gasteiger partial charge >= 0.3 is 6.18 Å². The summed E-state index contributed by atoms with van der Waals surface area (Å²) in [6.07, 6.45) is -0.882. The Balaban J connectivity index is 1.42.